The summed E-state index contributed by atoms with van der Waals surface area (Å²) < 4.78 is 11.4. The second-order valence-corrected chi connectivity index (χ2v) is 6.34. The Labute approximate surface area is 132 Å². The Bertz CT molecular complexity index is 390. The van der Waals surface area contributed by atoms with Gasteiger partial charge in [-0.1, -0.05) is 19.3 Å². The highest BCUT2D eigenvalue weighted by Crippen LogP contribution is 2.42. The molecule has 126 valence electrons. The summed E-state index contributed by atoms with van der Waals surface area (Å²) in [5.74, 6) is 0.706. The first-order valence-electron chi connectivity index (χ1n) is 8.58. The van der Waals surface area contributed by atoms with E-state index in [9.17, 15) is 9.90 Å². The Balaban J connectivity index is 2.22. The van der Waals surface area contributed by atoms with Crippen LogP contribution >= 0.6 is 0 Å². The van der Waals surface area contributed by atoms with Crippen molar-refractivity contribution in [3.63, 3.8) is 0 Å². The summed E-state index contributed by atoms with van der Waals surface area (Å²) >= 11 is 0. The van der Waals surface area contributed by atoms with Crippen LogP contribution in [0.5, 0.6) is 0 Å². The summed E-state index contributed by atoms with van der Waals surface area (Å²) in [5, 5.41) is 9.18. The molecule has 0 saturated heterocycles. The summed E-state index contributed by atoms with van der Waals surface area (Å²) in [6.07, 6.45) is 9.20. The van der Waals surface area contributed by atoms with Crippen LogP contribution in [0, 0.1) is 17.8 Å². The maximum atomic E-state index is 11.6. The second kappa shape index (κ2) is 8.53. The SMILES string of the molecule is CCO[C@H]1OC(C(N)=O)=C[C@@H](C2CCCCC2)[C@H]1CCCO. The highest BCUT2D eigenvalue weighted by molar-refractivity contribution is 5.90. The van der Waals surface area contributed by atoms with E-state index in [2.05, 4.69) is 0 Å². The maximum absolute atomic E-state index is 11.6. The third-order valence-corrected chi connectivity index (χ3v) is 4.89. The fourth-order valence-corrected chi connectivity index (χ4v) is 3.85. The van der Waals surface area contributed by atoms with E-state index in [-0.39, 0.29) is 24.2 Å². The fourth-order valence-electron chi connectivity index (χ4n) is 3.85. The lowest BCUT2D eigenvalue weighted by Gasteiger charge is -2.41. The Morgan fingerprint density at radius 1 is 1.41 bits per heavy atom. The number of aliphatic hydroxyl groups excluding tert-OH is 1. The van der Waals surface area contributed by atoms with Crippen LogP contribution in [-0.4, -0.2) is 30.5 Å². The standard InChI is InChI=1S/C17H29NO4/c1-2-21-17-13(9-6-10-19)14(11-15(22-17)16(18)20)12-7-4-3-5-8-12/h11-14,17,19H,2-10H2,1H3,(H2,18,20)/t13-,14+,17+/m1/s1. The molecule has 0 aromatic rings. The van der Waals surface area contributed by atoms with Crippen LogP contribution in [0.15, 0.2) is 11.8 Å². The first kappa shape index (κ1) is 17.3. The molecule has 3 atom stereocenters. The lowest BCUT2D eigenvalue weighted by Crippen LogP contribution is -2.41. The predicted octanol–water partition coefficient (Wildman–Crippen LogP) is 2.33. The number of aliphatic hydroxyl groups is 1. The molecule has 0 aromatic heterocycles. The number of hydrogen-bond acceptors (Lipinski definition) is 4. The zero-order chi connectivity index (χ0) is 15.9. The van der Waals surface area contributed by atoms with Gasteiger partial charge in [-0.2, -0.15) is 0 Å². The fraction of sp³-hybridized carbons (Fsp3) is 0.824. The molecule has 22 heavy (non-hydrogen) atoms. The minimum atomic E-state index is -0.522. The molecule has 3 N–H and O–H groups in total. The third kappa shape index (κ3) is 4.23. The summed E-state index contributed by atoms with van der Waals surface area (Å²) in [6.45, 7) is 2.62. The van der Waals surface area contributed by atoms with Gasteiger partial charge in [0.1, 0.15) is 0 Å². The molecule has 1 fully saturated rings. The van der Waals surface area contributed by atoms with Gasteiger partial charge in [0.2, 0.25) is 6.29 Å². The van der Waals surface area contributed by atoms with Crippen LogP contribution in [-0.2, 0) is 14.3 Å². The van der Waals surface area contributed by atoms with Gasteiger partial charge >= 0.3 is 0 Å². The molecular weight excluding hydrogens is 282 g/mol. The van der Waals surface area contributed by atoms with Gasteiger partial charge in [-0.15, -0.1) is 0 Å². The number of ether oxygens (including phenoxy) is 2. The van der Waals surface area contributed by atoms with E-state index in [0.717, 1.165) is 12.8 Å². The predicted molar refractivity (Wildman–Crippen MR) is 83.7 cm³/mol. The maximum Gasteiger partial charge on any atom is 0.283 e. The minimum absolute atomic E-state index is 0.166. The van der Waals surface area contributed by atoms with Crippen molar-refractivity contribution in [2.24, 2.45) is 23.5 Å². The number of nitrogens with two attached hydrogens (primary N) is 1. The van der Waals surface area contributed by atoms with E-state index in [1.807, 2.05) is 13.0 Å². The van der Waals surface area contributed by atoms with Gasteiger partial charge < -0.3 is 20.3 Å². The molecule has 0 bridgehead atoms. The Hall–Kier alpha value is -1.07. The van der Waals surface area contributed by atoms with Gasteiger partial charge in [-0.05, 0) is 50.5 Å². The molecule has 1 heterocycles. The van der Waals surface area contributed by atoms with Crippen molar-refractivity contribution < 1.29 is 19.4 Å². The van der Waals surface area contributed by atoms with Gasteiger partial charge in [0.15, 0.2) is 5.76 Å². The summed E-state index contributed by atoms with van der Waals surface area (Å²) in [5.41, 5.74) is 5.44. The van der Waals surface area contributed by atoms with Crippen molar-refractivity contribution in [3.05, 3.63) is 11.8 Å². The third-order valence-electron chi connectivity index (χ3n) is 4.89. The van der Waals surface area contributed by atoms with E-state index < -0.39 is 12.2 Å². The number of allylic oxidation sites excluding steroid dienone is 1. The van der Waals surface area contributed by atoms with Gasteiger partial charge in [-0.3, -0.25) is 4.79 Å². The van der Waals surface area contributed by atoms with Crippen LogP contribution in [0.4, 0.5) is 0 Å². The molecule has 0 aromatic carbocycles. The van der Waals surface area contributed by atoms with Crippen LogP contribution in [0.25, 0.3) is 0 Å². The van der Waals surface area contributed by atoms with E-state index in [4.69, 9.17) is 15.2 Å². The first-order chi connectivity index (χ1) is 10.7. The van der Waals surface area contributed by atoms with Crippen LogP contribution in [0.1, 0.15) is 51.9 Å². The topological polar surface area (TPSA) is 81.8 Å². The lowest BCUT2D eigenvalue weighted by molar-refractivity contribution is -0.176. The normalized spacial score (nSPS) is 29.7. The van der Waals surface area contributed by atoms with E-state index in [1.54, 1.807) is 0 Å². The number of primary amides is 1. The van der Waals surface area contributed by atoms with Gasteiger partial charge in [-0.25, -0.2) is 0 Å². The average molecular weight is 311 g/mol. The molecule has 1 aliphatic carbocycles. The number of carbonyl (C=O) groups excluding carboxylic acids is 1. The zero-order valence-electron chi connectivity index (χ0n) is 13.5. The molecule has 1 saturated carbocycles. The van der Waals surface area contributed by atoms with E-state index >= 15 is 0 Å². The largest absolute Gasteiger partial charge is 0.459 e. The number of amides is 1. The summed E-state index contributed by atoms with van der Waals surface area (Å²) in [4.78, 5) is 11.6. The van der Waals surface area contributed by atoms with Gasteiger partial charge in [0, 0.05) is 19.1 Å². The Morgan fingerprint density at radius 2 is 2.14 bits per heavy atom. The smallest absolute Gasteiger partial charge is 0.283 e. The van der Waals surface area contributed by atoms with Crippen LogP contribution < -0.4 is 5.73 Å². The van der Waals surface area contributed by atoms with Crippen LogP contribution in [0.2, 0.25) is 0 Å². The lowest BCUT2D eigenvalue weighted by atomic mass is 9.71. The highest BCUT2D eigenvalue weighted by Gasteiger charge is 2.40. The number of carbonyl (C=O) groups is 1. The average Bonchev–Trinajstić information content (AvgIpc) is 2.54. The minimum Gasteiger partial charge on any atom is -0.459 e. The monoisotopic (exact) mass is 311 g/mol. The van der Waals surface area contributed by atoms with Crippen LogP contribution in [0.3, 0.4) is 0 Å². The first-order valence-corrected chi connectivity index (χ1v) is 8.58. The van der Waals surface area contributed by atoms with Gasteiger partial charge in [0.25, 0.3) is 5.91 Å². The molecule has 0 unspecified atom stereocenters. The molecule has 5 nitrogen and oxygen atoms in total. The van der Waals surface area contributed by atoms with Crippen molar-refractivity contribution in [2.75, 3.05) is 13.2 Å². The molecule has 2 rings (SSSR count). The quantitative estimate of drug-likeness (QED) is 0.756. The summed E-state index contributed by atoms with van der Waals surface area (Å²) in [7, 11) is 0. The molecule has 1 amide bonds. The van der Waals surface area contributed by atoms with Crippen molar-refractivity contribution in [3.8, 4) is 0 Å². The van der Waals surface area contributed by atoms with Gasteiger partial charge in [0.05, 0.1) is 0 Å². The molecular formula is C17H29NO4. The molecule has 0 radical (unpaired) electrons. The number of hydrogen-bond donors (Lipinski definition) is 2. The van der Waals surface area contributed by atoms with Crippen molar-refractivity contribution in [1.29, 1.82) is 0 Å². The molecule has 0 spiro atoms. The highest BCUT2D eigenvalue weighted by atomic mass is 16.7. The zero-order valence-corrected chi connectivity index (χ0v) is 13.5. The number of rotatable bonds is 7. The van der Waals surface area contributed by atoms with E-state index in [0.29, 0.717) is 12.5 Å². The Kier molecular flexibility index (Phi) is 6.70. The molecule has 1 aliphatic heterocycles. The van der Waals surface area contributed by atoms with Crippen molar-refractivity contribution >= 4 is 5.91 Å². The summed E-state index contributed by atoms with van der Waals surface area (Å²) in [6, 6.07) is 0. The van der Waals surface area contributed by atoms with E-state index in [1.165, 1.54) is 32.1 Å². The van der Waals surface area contributed by atoms with Crippen molar-refractivity contribution in [2.45, 2.75) is 58.2 Å². The molecule has 5 heteroatoms. The molecule has 2 aliphatic rings. The Morgan fingerprint density at radius 3 is 2.73 bits per heavy atom. The second-order valence-electron chi connectivity index (χ2n) is 6.34. The van der Waals surface area contributed by atoms with Crippen molar-refractivity contribution in [1.82, 2.24) is 0 Å².